The van der Waals surface area contributed by atoms with Crippen molar-refractivity contribution in [1.29, 1.82) is 0 Å². The SMILES string of the molecule is Cc1ccc(C(C=O)N(C)C(=O)OC(C)(C)C)cn1. The van der Waals surface area contributed by atoms with E-state index in [1.807, 2.05) is 6.92 Å². The Morgan fingerprint density at radius 3 is 2.47 bits per heavy atom. The Morgan fingerprint density at radius 2 is 2.05 bits per heavy atom. The van der Waals surface area contributed by atoms with Crippen molar-refractivity contribution in [2.24, 2.45) is 0 Å². The average molecular weight is 264 g/mol. The molecule has 0 aliphatic heterocycles. The molecule has 1 atom stereocenters. The summed E-state index contributed by atoms with van der Waals surface area (Å²) in [6, 6.07) is 2.89. The molecule has 0 spiro atoms. The van der Waals surface area contributed by atoms with Gasteiger partial charge in [-0.3, -0.25) is 9.88 Å². The Labute approximate surface area is 113 Å². The zero-order valence-corrected chi connectivity index (χ0v) is 12.0. The summed E-state index contributed by atoms with van der Waals surface area (Å²) in [5.74, 6) is 0. The fraction of sp³-hybridized carbons (Fsp3) is 0.500. The number of carbonyl (C=O) groups is 2. The predicted molar refractivity (Wildman–Crippen MR) is 71.8 cm³/mol. The minimum atomic E-state index is -0.692. The van der Waals surface area contributed by atoms with Crippen LogP contribution in [0.3, 0.4) is 0 Å². The Hall–Kier alpha value is -1.91. The summed E-state index contributed by atoms with van der Waals surface area (Å²) in [7, 11) is 1.53. The summed E-state index contributed by atoms with van der Waals surface area (Å²) in [6.45, 7) is 7.20. The molecule has 0 fully saturated rings. The maximum Gasteiger partial charge on any atom is 0.410 e. The Morgan fingerprint density at radius 1 is 1.42 bits per heavy atom. The molecular weight excluding hydrogens is 244 g/mol. The molecule has 1 heterocycles. The van der Waals surface area contributed by atoms with Crippen LogP contribution in [0, 0.1) is 6.92 Å². The van der Waals surface area contributed by atoms with E-state index in [0.29, 0.717) is 11.8 Å². The molecule has 1 aromatic rings. The number of hydrogen-bond acceptors (Lipinski definition) is 4. The number of carbonyl (C=O) groups excluding carboxylic acids is 2. The van der Waals surface area contributed by atoms with Crippen molar-refractivity contribution < 1.29 is 14.3 Å². The number of aryl methyl sites for hydroxylation is 1. The van der Waals surface area contributed by atoms with Gasteiger partial charge in [-0.2, -0.15) is 0 Å². The summed E-state index contributed by atoms with van der Waals surface area (Å²) in [6.07, 6.45) is 1.76. The first-order valence-corrected chi connectivity index (χ1v) is 6.08. The monoisotopic (exact) mass is 264 g/mol. The highest BCUT2D eigenvalue weighted by Crippen LogP contribution is 2.19. The normalized spacial score (nSPS) is 12.7. The van der Waals surface area contributed by atoms with E-state index in [4.69, 9.17) is 4.74 Å². The van der Waals surface area contributed by atoms with Crippen LogP contribution in [-0.2, 0) is 9.53 Å². The van der Waals surface area contributed by atoms with E-state index in [2.05, 4.69) is 4.98 Å². The van der Waals surface area contributed by atoms with E-state index < -0.39 is 17.7 Å². The maximum atomic E-state index is 11.9. The summed E-state index contributed by atoms with van der Waals surface area (Å²) >= 11 is 0. The van der Waals surface area contributed by atoms with E-state index in [1.165, 1.54) is 11.9 Å². The lowest BCUT2D eigenvalue weighted by Gasteiger charge is -2.28. The van der Waals surface area contributed by atoms with Gasteiger partial charge in [0.25, 0.3) is 0 Å². The zero-order valence-electron chi connectivity index (χ0n) is 12.0. The molecule has 1 amide bonds. The second-order valence-electron chi connectivity index (χ2n) is 5.41. The van der Waals surface area contributed by atoms with Crippen molar-refractivity contribution in [2.45, 2.75) is 39.3 Å². The third kappa shape index (κ3) is 4.35. The van der Waals surface area contributed by atoms with Crippen LogP contribution in [-0.4, -0.2) is 34.9 Å². The van der Waals surface area contributed by atoms with Crippen molar-refractivity contribution in [2.75, 3.05) is 7.05 Å². The molecule has 0 aliphatic rings. The van der Waals surface area contributed by atoms with Crippen LogP contribution >= 0.6 is 0 Å². The van der Waals surface area contributed by atoms with Crippen molar-refractivity contribution in [3.63, 3.8) is 0 Å². The molecule has 0 aliphatic carbocycles. The number of pyridine rings is 1. The molecule has 19 heavy (non-hydrogen) atoms. The van der Waals surface area contributed by atoms with Gasteiger partial charge in [0.15, 0.2) is 0 Å². The van der Waals surface area contributed by atoms with Gasteiger partial charge in [0.05, 0.1) is 0 Å². The average Bonchev–Trinajstić information content (AvgIpc) is 2.30. The van der Waals surface area contributed by atoms with Gasteiger partial charge >= 0.3 is 6.09 Å². The minimum absolute atomic E-state index is 0.537. The Bertz CT molecular complexity index is 449. The minimum Gasteiger partial charge on any atom is -0.444 e. The topological polar surface area (TPSA) is 59.5 Å². The van der Waals surface area contributed by atoms with Crippen LogP contribution in [0.5, 0.6) is 0 Å². The van der Waals surface area contributed by atoms with Gasteiger partial charge in [0, 0.05) is 24.5 Å². The molecule has 1 unspecified atom stereocenters. The molecular formula is C14H20N2O3. The predicted octanol–water partition coefficient (Wildman–Crippen LogP) is 2.50. The summed E-state index contributed by atoms with van der Waals surface area (Å²) in [4.78, 5) is 28.5. The van der Waals surface area contributed by atoms with E-state index >= 15 is 0 Å². The largest absolute Gasteiger partial charge is 0.444 e. The first-order chi connectivity index (χ1) is 8.74. The zero-order chi connectivity index (χ0) is 14.6. The smallest absolute Gasteiger partial charge is 0.410 e. The molecule has 1 aromatic heterocycles. The van der Waals surface area contributed by atoms with E-state index in [-0.39, 0.29) is 0 Å². The second-order valence-corrected chi connectivity index (χ2v) is 5.41. The molecule has 5 nitrogen and oxygen atoms in total. The Balaban J connectivity index is 2.88. The lowest BCUT2D eigenvalue weighted by molar-refractivity contribution is -0.112. The molecule has 0 saturated carbocycles. The van der Waals surface area contributed by atoms with Gasteiger partial charge in [0.1, 0.15) is 17.9 Å². The number of aromatic nitrogens is 1. The molecule has 0 N–H and O–H groups in total. The number of rotatable bonds is 3. The third-order valence-electron chi connectivity index (χ3n) is 2.50. The lowest BCUT2D eigenvalue weighted by Crippen LogP contribution is -2.37. The van der Waals surface area contributed by atoms with Crippen LogP contribution in [0.4, 0.5) is 4.79 Å². The summed E-state index contributed by atoms with van der Waals surface area (Å²) in [5, 5.41) is 0. The molecule has 5 heteroatoms. The molecule has 0 aromatic carbocycles. The highest BCUT2D eigenvalue weighted by Gasteiger charge is 2.26. The van der Waals surface area contributed by atoms with Crippen LogP contribution in [0.25, 0.3) is 0 Å². The first kappa shape index (κ1) is 15.1. The number of nitrogens with zero attached hydrogens (tertiary/aromatic N) is 2. The third-order valence-corrected chi connectivity index (χ3v) is 2.50. The number of hydrogen-bond donors (Lipinski definition) is 0. The number of aldehydes is 1. The van der Waals surface area contributed by atoms with Crippen molar-refractivity contribution in [1.82, 2.24) is 9.88 Å². The van der Waals surface area contributed by atoms with Crippen LogP contribution < -0.4 is 0 Å². The summed E-state index contributed by atoms with van der Waals surface area (Å²) < 4.78 is 5.24. The highest BCUT2D eigenvalue weighted by molar-refractivity contribution is 5.74. The fourth-order valence-corrected chi connectivity index (χ4v) is 1.50. The summed E-state index contributed by atoms with van der Waals surface area (Å²) in [5.41, 5.74) is 0.923. The van der Waals surface area contributed by atoms with Crippen molar-refractivity contribution in [3.8, 4) is 0 Å². The molecule has 1 rings (SSSR count). The molecule has 104 valence electrons. The molecule has 0 saturated heterocycles. The van der Waals surface area contributed by atoms with Gasteiger partial charge in [-0.15, -0.1) is 0 Å². The number of amides is 1. The fourth-order valence-electron chi connectivity index (χ4n) is 1.50. The van der Waals surface area contributed by atoms with Crippen molar-refractivity contribution in [3.05, 3.63) is 29.6 Å². The van der Waals surface area contributed by atoms with Crippen LogP contribution in [0.2, 0.25) is 0 Å². The lowest BCUT2D eigenvalue weighted by atomic mass is 10.1. The second kappa shape index (κ2) is 5.82. The van der Waals surface area contributed by atoms with E-state index in [1.54, 1.807) is 39.1 Å². The van der Waals surface area contributed by atoms with Gasteiger partial charge in [-0.05, 0) is 33.8 Å². The van der Waals surface area contributed by atoms with Gasteiger partial charge in [0.2, 0.25) is 0 Å². The Kier molecular flexibility index (Phi) is 4.64. The van der Waals surface area contributed by atoms with Gasteiger partial charge in [-0.25, -0.2) is 4.79 Å². The number of ether oxygens (including phenoxy) is 1. The van der Waals surface area contributed by atoms with Crippen molar-refractivity contribution >= 4 is 12.4 Å². The van der Waals surface area contributed by atoms with Gasteiger partial charge in [-0.1, -0.05) is 6.07 Å². The number of likely N-dealkylation sites (N-methyl/N-ethyl adjacent to an activating group) is 1. The first-order valence-electron chi connectivity index (χ1n) is 6.08. The molecule has 0 radical (unpaired) electrons. The van der Waals surface area contributed by atoms with E-state index in [9.17, 15) is 9.59 Å². The standard InChI is InChI=1S/C14H20N2O3/c1-10-6-7-11(8-15-10)12(9-17)16(5)13(18)19-14(2,3)4/h6-9,12H,1-5H3. The molecule has 0 bridgehead atoms. The van der Waals surface area contributed by atoms with E-state index in [0.717, 1.165) is 5.69 Å². The quantitative estimate of drug-likeness (QED) is 0.787. The maximum absolute atomic E-state index is 11.9. The van der Waals surface area contributed by atoms with Crippen LogP contribution in [0.1, 0.15) is 38.1 Å². The highest BCUT2D eigenvalue weighted by atomic mass is 16.6. The van der Waals surface area contributed by atoms with Crippen LogP contribution in [0.15, 0.2) is 18.3 Å². The van der Waals surface area contributed by atoms with Gasteiger partial charge < -0.3 is 9.53 Å².